The maximum absolute atomic E-state index is 12.6. The quantitative estimate of drug-likeness (QED) is 0.869. The SMILES string of the molecule is CCOc1ccc(S(=O)(=O)N2CCC(CNC)CC2)cc1. The van der Waals surface area contributed by atoms with Crippen LogP contribution >= 0.6 is 0 Å². The van der Waals surface area contributed by atoms with Crippen LogP contribution < -0.4 is 10.1 Å². The van der Waals surface area contributed by atoms with E-state index in [1.807, 2.05) is 14.0 Å². The summed E-state index contributed by atoms with van der Waals surface area (Å²) in [5.41, 5.74) is 0. The molecule has 0 aromatic heterocycles. The van der Waals surface area contributed by atoms with Crippen LogP contribution in [0.25, 0.3) is 0 Å². The van der Waals surface area contributed by atoms with E-state index in [9.17, 15) is 8.42 Å². The molecule has 0 saturated carbocycles. The lowest BCUT2D eigenvalue weighted by atomic mass is 9.98. The molecule has 6 heteroatoms. The molecule has 21 heavy (non-hydrogen) atoms. The third-order valence-corrected chi connectivity index (χ3v) is 5.75. The van der Waals surface area contributed by atoms with Crippen molar-refractivity contribution >= 4 is 10.0 Å². The van der Waals surface area contributed by atoms with Gasteiger partial charge in [0.1, 0.15) is 5.75 Å². The van der Waals surface area contributed by atoms with Crippen molar-refractivity contribution in [2.45, 2.75) is 24.7 Å². The van der Waals surface area contributed by atoms with Crippen molar-refractivity contribution in [3.8, 4) is 5.75 Å². The molecule has 118 valence electrons. The second-order valence-electron chi connectivity index (χ2n) is 5.31. The number of hydrogen-bond acceptors (Lipinski definition) is 4. The third-order valence-electron chi connectivity index (χ3n) is 3.84. The van der Waals surface area contributed by atoms with Gasteiger partial charge in [0, 0.05) is 13.1 Å². The minimum atomic E-state index is -3.37. The highest BCUT2D eigenvalue weighted by Gasteiger charge is 2.29. The number of sulfonamides is 1. The topological polar surface area (TPSA) is 58.6 Å². The molecule has 0 amide bonds. The lowest BCUT2D eigenvalue weighted by molar-refractivity contribution is 0.270. The number of ether oxygens (including phenoxy) is 1. The maximum Gasteiger partial charge on any atom is 0.243 e. The van der Waals surface area contributed by atoms with E-state index in [0.717, 1.165) is 19.4 Å². The molecule has 0 unspecified atom stereocenters. The molecule has 1 aromatic carbocycles. The average Bonchev–Trinajstić information content (AvgIpc) is 2.49. The zero-order valence-electron chi connectivity index (χ0n) is 12.7. The predicted octanol–water partition coefficient (Wildman–Crippen LogP) is 1.71. The minimum Gasteiger partial charge on any atom is -0.494 e. The summed E-state index contributed by atoms with van der Waals surface area (Å²) in [6.07, 6.45) is 1.83. The van der Waals surface area contributed by atoms with Crippen molar-refractivity contribution in [2.24, 2.45) is 5.92 Å². The van der Waals surface area contributed by atoms with Gasteiger partial charge in [-0.1, -0.05) is 0 Å². The Morgan fingerprint density at radius 3 is 2.38 bits per heavy atom. The van der Waals surface area contributed by atoms with Gasteiger partial charge >= 0.3 is 0 Å². The number of rotatable bonds is 6. The molecule has 1 saturated heterocycles. The van der Waals surface area contributed by atoms with Gasteiger partial charge in [0.15, 0.2) is 0 Å². The second-order valence-corrected chi connectivity index (χ2v) is 7.25. The first-order valence-corrected chi connectivity index (χ1v) is 8.89. The van der Waals surface area contributed by atoms with Gasteiger partial charge in [-0.2, -0.15) is 4.31 Å². The van der Waals surface area contributed by atoms with Crippen LogP contribution in [0.15, 0.2) is 29.2 Å². The molecule has 0 aliphatic carbocycles. The first kappa shape index (κ1) is 16.3. The zero-order valence-corrected chi connectivity index (χ0v) is 13.5. The van der Waals surface area contributed by atoms with E-state index < -0.39 is 10.0 Å². The van der Waals surface area contributed by atoms with Crippen molar-refractivity contribution in [3.63, 3.8) is 0 Å². The molecule has 0 atom stereocenters. The standard InChI is InChI=1S/C15H24N2O3S/c1-3-20-14-4-6-15(7-5-14)21(18,19)17-10-8-13(9-11-17)12-16-2/h4-7,13,16H,3,8-12H2,1-2H3. The molecule has 1 fully saturated rings. The van der Waals surface area contributed by atoms with Crippen LogP contribution in [-0.2, 0) is 10.0 Å². The van der Waals surface area contributed by atoms with Crippen molar-refractivity contribution in [3.05, 3.63) is 24.3 Å². The number of nitrogens with one attached hydrogen (secondary N) is 1. The van der Waals surface area contributed by atoms with E-state index in [1.165, 1.54) is 0 Å². The van der Waals surface area contributed by atoms with Crippen molar-refractivity contribution < 1.29 is 13.2 Å². The van der Waals surface area contributed by atoms with E-state index in [0.29, 0.717) is 36.3 Å². The number of hydrogen-bond donors (Lipinski definition) is 1. The third kappa shape index (κ3) is 3.96. The van der Waals surface area contributed by atoms with E-state index in [1.54, 1.807) is 28.6 Å². The fourth-order valence-electron chi connectivity index (χ4n) is 2.67. The van der Waals surface area contributed by atoms with Gasteiger partial charge in [-0.25, -0.2) is 8.42 Å². The molecule has 2 rings (SSSR count). The smallest absolute Gasteiger partial charge is 0.243 e. The Morgan fingerprint density at radius 1 is 1.24 bits per heavy atom. The van der Waals surface area contributed by atoms with Gasteiger partial charge < -0.3 is 10.1 Å². The lowest BCUT2D eigenvalue weighted by Gasteiger charge is -2.31. The maximum atomic E-state index is 12.6. The highest BCUT2D eigenvalue weighted by molar-refractivity contribution is 7.89. The Bertz CT molecular complexity index is 535. The van der Waals surface area contributed by atoms with E-state index in [2.05, 4.69) is 5.32 Å². The monoisotopic (exact) mass is 312 g/mol. The van der Waals surface area contributed by atoms with Crippen LogP contribution in [0.2, 0.25) is 0 Å². The molecule has 0 spiro atoms. The Labute approximate surface area is 127 Å². The largest absolute Gasteiger partial charge is 0.494 e. The number of piperidine rings is 1. The highest BCUT2D eigenvalue weighted by Crippen LogP contribution is 2.24. The van der Waals surface area contributed by atoms with Gasteiger partial charge in [-0.15, -0.1) is 0 Å². The summed E-state index contributed by atoms with van der Waals surface area (Å²) < 4.78 is 32.1. The Kier molecular flexibility index (Phi) is 5.61. The number of benzene rings is 1. The van der Waals surface area contributed by atoms with Gasteiger partial charge in [-0.3, -0.25) is 0 Å². The summed E-state index contributed by atoms with van der Waals surface area (Å²) in [6, 6.07) is 6.67. The van der Waals surface area contributed by atoms with E-state index in [4.69, 9.17) is 4.74 Å². The van der Waals surface area contributed by atoms with E-state index >= 15 is 0 Å². The predicted molar refractivity (Wildman–Crippen MR) is 83.0 cm³/mol. The molecule has 1 aliphatic rings. The molecule has 5 nitrogen and oxygen atoms in total. The summed E-state index contributed by atoms with van der Waals surface area (Å²) in [4.78, 5) is 0.345. The first-order valence-electron chi connectivity index (χ1n) is 7.45. The van der Waals surface area contributed by atoms with Crippen LogP contribution in [0.3, 0.4) is 0 Å². The molecule has 0 radical (unpaired) electrons. The normalized spacial score (nSPS) is 17.8. The number of nitrogens with zero attached hydrogens (tertiary/aromatic N) is 1. The summed E-state index contributed by atoms with van der Waals surface area (Å²) in [5, 5.41) is 3.16. The molecule has 1 aromatic rings. The second kappa shape index (κ2) is 7.24. The summed E-state index contributed by atoms with van der Waals surface area (Å²) in [6.45, 7) is 4.63. The van der Waals surface area contributed by atoms with Crippen molar-refractivity contribution in [2.75, 3.05) is 33.3 Å². The van der Waals surface area contributed by atoms with E-state index in [-0.39, 0.29) is 0 Å². The zero-order chi connectivity index (χ0) is 15.3. The summed E-state index contributed by atoms with van der Waals surface area (Å²) in [5.74, 6) is 1.27. The molecule has 1 N–H and O–H groups in total. The highest BCUT2D eigenvalue weighted by atomic mass is 32.2. The average molecular weight is 312 g/mol. The van der Waals surface area contributed by atoms with Gasteiger partial charge in [0.05, 0.1) is 11.5 Å². The minimum absolute atomic E-state index is 0.345. The molecular weight excluding hydrogens is 288 g/mol. The fourth-order valence-corrected chi connectivity index (χ4v) is 4.14. The Hall–Kier alpha value is -1.11. The molecular formula is C15H24N2O3S. The van der Waals surface area contributed by atoms with Crippen molar-refractivity contribution in [1.82, 2.24) is 9.62 Å². The van der Waals surface area contributed by atoms with Crippen LogP contribution in [0, 0.1) is 5.92 Å². The first-order chi connectivity index (χ1) is 10.1. The Balaban J connectivity index is 2.04. The molecule has 1 aliphatic heterocycles. The van der Waals surface area contributed by atoms with Crippen LogP contribution in [-0.4, -0.2) is 46.0 Å². The fraction of sp³-hybridized carbons (Fsp3) is 0.600. The van der Waals surface area contributed by atoms with Gasteiger partial charge in [-0.05, 0) is 63.5 Å². The summed E-state index contributed by atoms with van der Waals surface area (Å²) in [7, 11) is -1.44. The van der Waals surface area contributed by atoms with Crippen LogP contribution in [0.4, 0.5) is 0 Å². The summed E-state index contributed by atoms with van der Waals surface area (Å²) >= 11 is 0. The molecule has 1 heterocycles. The van der Waals surface area contributed by atoms with Crippen LogP contribution in [0.1, 0.15) is 19.8 Å². The molecule has 0 bridgehead atoms. The van der Waals surface area contributed by atoms with Gasteiger partial charge in [0.25, 0.3) is 0 Å². The Morgan fingerprint density at radius 2 is 1.86 bits per heavy atom. The van der Waals surface area contributed by atoms with Gasteiger partial charge in [0.2, 0.25) is 10.0 Å². The van der Waals surface area contributed by atoms with Crippen LogP contribution in [0.5, 0.6) is 5.75 Å². The lowest BCUT2D eigenvalue weighted by Crippen LogP contribution is -2.40. The van der Waals surface area contributed by atoms with Crippen molar-refractivity contribution in [1.29, 1.82) is 0 Å².